The molecule has 0 saturated carbocycles. The largest absolute Gasteiger partial charge is 0.424 e. The van der Waals surface area contributed by atoms with E-state index in [0.29, 0.717) is 0 Å². The highest BCUT2D eigenvalue weighted by Gasteiger charge is 2.14. The summed E-state index contributed by atoms with van der Waals surface area (Å²) in [6, 6.07) is 0.211. The number of nitrogens with one attached hydrogen (secondary N) is 1. The van der Waals surface area contributed by atoms with Gasteiger partial charge in [0, 0.05) is 6.42 Å². The lowest BCUT2D eigenvalue weighted by molar-refractivity contribution is 0.374. The van der Waals surface area contributed by atoms with Crippen molar-refractivity contribution in [1.29, 1.82) is 0 Å². The molecule has 4 heteroatoms. The van der Waals surface area contributed by atoms with E-state index in [9.17, 15) is 0 Å². The molecule has 0 aromatic carbocycles. The summed E-state index contributed by atoms with van der Waals surface area (Å²) < 4.78 is 5.50. The molecule has 1 N–H and O–H groups in total. The van der Waals surface area contributed by atoms with Gasteiger partial charge in [0.2, 0.25) is 11.8 Å². The van der Waals surface area contributed by atoms with Crippen molar-refractivity contribution in [1.82, 2.24) is 15.5 Å². The molecule has 1 aromatic heterocycles. The normalized spacial score (nSPS) is 13.1. The van der Waals surface area contributed by atoms with Gasteiger partial charge in [-0.2, -0.15) is 0 Å². The van der Waals surface area contributed by atoms with E-state index in [1.54, 1.807) is 0 Å². The third-order valence-corrected chi connectivity index (χ3v) is 2.13. The van der Waals surface area contributed by atoms with Crippen LogP contribution in [-0.2, 0) is 6.42 Å². The predicted molar refractivity (Wildman–Crippen MR) is 55.0 cm³/mol. The lowest BCUT2D eigenvalue weighted by Gasteiger charge is -2.11. The van der Waals surface area contributed by atoms with Crippen molar-refractivity contribution in [2.75, 3.05) is 6.54 Å². The first-order valence-corrected chi connectivity index (χ1v) is 5.37. The van der Waals surface area contributed by atoms with Gasteiger partial charge in [-0.15, -0.1) is 10.2 Å². The maximum absolute atomic E-state index is 5.50. The third kappa shape index (κ3) is 2.80. The van der Waals surface area contributed by atoms with E-state index in [-0.39, 0.29) is 6.04 Å². The highest BCUT2D eigenvalue weighted by atomic mass is 16.4. The standard InChI is InChI=1S/C10H19N3O/c1-4-7-11-8(5-2)10-13-12-9(6-3)14-10/h8,11H,4-7H2,1-3H3. The van der Waals surface area contributed by atoms with Crippen molar-refractivity contribution in [3.8, 4) is 0 Å². The van der Waals surface area contributed by atoms with Crippen LogP contribution in [0.5, 0.6) is 0 Å². The summed E-state index contributed by atoms with van der Waals surface area (Å²) in [5, 5.41) is 11.4. The molecule has 80 valence electrons. The van der Waals surface area contributed by atoms with Crippen LogP contribution >= 0.6 is 0 Å². The Balaban J connectivity index is 2.58. The summed E-state index contributed by atoms with van der Waals surface area (Å²) in [5.74, 6) is 1.44. The number of hydrogen-bond acceptors (Lipinski definition) is 4. The van der Waals surface area contributed by atoms with Gasteiger partial charge in [-0.05, 0) is 19.4 Å². The average Bonchev–Trinajstić information content (AvgIpc) is 2.68. The first-order chi connectivity index (χ1) is 6.81. The Kier molecular flexibility index (Phi) is 4.59. The number of nitrogens with zero attached hydrogens (tertiary/aromatic N) is 2. The predicted octanol–water partition coefficient (Wildman–Crippen LogP) is 2.08. The molecule has 1 unspecified atom stereocenters. The molecule has 0 amide bonds. The number of hydrogen-bond donors (Lipinski definition) is 1. The lowest BCUT2D eigenvalue weighted by atomic mass is 10.2. The Hall–Kier alpha value is -0.900. The highest BCUT2D eigenvalue weighted by molar-refractivity contribution is 4.89. The Morgan fingerprint density at radius 1 is 1.29 bits per heavy atom. The molecular formula is C10H19N3O. The van der Waals surface area contributed by atoms with Crippen LogP contribution in [0.15, 0.2) is 4.42 Å². The molecule has 0 aliphatic rings. The van der Waals surface area contributed by atoms with Crippen molar-refractivity contribution in [3.63, 3.8) is 0 Å². The van der Waals surface area contributed by atoms with Gasteiger partial charge in [0.15, 0.2) is 0 Å². The summed E-state index contributed by atoms with van der Waals surface area (Å²) in [4.78, 5) is 0. The van der Waals surface area contributed by atoms with Gasteiger partial charge < -0.3 is 9.73 Å². The van der Waals surface area contributed by atoms with Crippen molar-refractivity contribution in [2.45, 2.75) is 46.1 Å². The van der Waals surface area contributed by atoms with Gasteiger partial charge in [-0.1, -0.05) is 20.8 Å². The minimum Gasteiger partial charge on any atom is -0.424 e. The number of aryl methyl sites for hydroxylation is 1. The molecular weight excluding hydrogens is 178 g/mol. The van der Waals surface area contributed by atoms with Crippen molar-refractivity contribution < 1.29 is 4.42 Å². The van der Waals surface area contributed by atoms with Crippen LogP contribution in [0.1, 0.15) is 51.4 Å². The third-order valence-electron chi connectivity index (χ3n) is 2.13. The monoisotopic (exact) mass is 197 g/mol. The van der Waals surface area contributed by atoms with E-state index in [4.69, 9.17) is 4.42 Å². The van der Waals surface area contributed by atoms with Crippen LogP contribution in [0, 0.1) is 0 Å². The van der Waals surface area contributed by atoms with Gasteiger partial charge in [0.25, 0.3) is 0 Å². The van der Waals surface area contributed by atoms with Gasteiger partial charge in [0.1, 0.15) is 0 Å². The lowest BCUT2D eigenvalue weighted by Crippen LogP contribution is -2.21. The zero-order chi connectivity index (χ0) is 10.4. The molecule has 1 atom stereocenters. The Morgan fingerprint density at radius 2 is 2.07 bits per heavy atom. The molecule has 0 aliphatic heterocycles. The summed E-state index contributed by atoms with van der Waals surface area (Å²) in [5.41, 5.74) is 0. The fourth-order valence-corrected chi connectivity index (χ4v) is 1.28. The molecule has 1 rings (SSSR count). The van der Waals surface area contributed by atoms with Crippen molar-refractivity contribution in [2.24, 2.45) is 0 Å². The van der Waals surface area contributed by atoms with E-state index < -0.39 is 0 Å². The Labute approximate surface area is 85.1 Å². The minimum absolute atomic E-state index is 0.211. The van der Waals surface area contributed by atoms with E-state index >= 15 is 0 Å². The van der Waals surface area contributed by atoms with Gasteiger partial charge >= 0.3 is 0 Å². The quantitative estimate of drug-likeness (QED) is 0.758. The van der Waals surface area contributed by atoms with Crippen LogP contribution in [-0.4, -0.2) is 16.7 Å². The molecule has 4 nitrogen and oxygen atoms in total. The minimum atomic E-state index is 0.211. The van der Waals surface area contributed by atoms with Crippen molar-refractivity contribution in [3.05, 3.63) is 11.8 Å². The zero-order valence-electron chi connectivity index (χ0n) is 9.21. The second-order valence-corrected chi connectivity index (χ2v) is 3.30. The van der Waals surface area contributed by atoms with Crippen LogP contribution < -0.4 is 5.32 Å². The number of rotatable bonds is 6. The molecule has 1 heterocycles. The van der Waals surface area contributed by atoms with Crippen LogP contribution in [0.25, 0.3) is 0 Å². The Morgan fingerprint density at radius 3 is 2.57 bits per heavy atom. The summed E-state index contributed by atoms with van der Waals surface area (Å²) in [6.45, 7) is 7.26. The van der Waals surface area contributed by atoms with Crippen LogP contribution in [0.2, 0.25) is 0 Å². The molecule has 0 aliphatic carbocycles. The van der Waals surface area contributed by atoms with E-state index in [0.717, 1.165) is 37.6 Å². The molecule has 1 aromatic rings. The molecule has 0 saturated heterocycles. The van der Waals surface area contributed by atoms with Gasteiger partial charge in [0.05, 0.1) is 6.04 Å². The first-order valence-electron chi connectivity index (χ1n) is 5.37. The highest BCUT2D eigenvalue weighted by Crippen LogP contribution is 2.14. The molecule has 0 fully saturated rings. The molecule has 0 bridgehead atoms. The number of aromatic nitrogens is 2. The molecule has 0 radical (unpaired) electrons. The Bertz CT molecular complexity index is 260. The fraction of sp³-hybridized carbons (Fsp3) is 0.800. The second-order valence-electron chi connectivity index (χ2n) is 3.30. The van der Waals surface area contributed by atoms with E-state index in [1.807, 2.05) is 6.92 Å². The first kappa shape index (κ1) is 11.2. The van der Waals surface area contributed by atoms with E-state index in [2.05, 4.69) is 29.4 Å². The van der Waals surface area contributed by atoms with Crippen molar-refractivity contribution >= 4 is 0 Å². The maximum Gasteiger partial charge on any atom is 0.233 e. The van der Waals surface area contributed by atoms with Gasteiger partial charge in [-0.25, -0.2) is 0 Å². The summed E-state index contributed by atoms with van der Waals surface area (Å²) in [7, 11) is 0. The van der Waals surface area contributed by atoms with Gasteiger partial charge in [-0.3, -0.25) is 0 Å². The fourth-order valence-electron chi connectivity index (χ4n) is 1.28. The zero-order valence-corrected chi connectivity index (χ0v) is 9.21. The second kappa shape index (κ2) is 5.75. The van der Waals surface area contributed by atoms with E-state index in [1.165, 1.54) is 0 Å². The summed E-state index contributed by atoms with van der Waals surface area (Å²) >= 11 is 0. The molecule has 14 heavy (non-hydrogen) atoms. The maximum atomic E-state index is 5.50. The summed E-state index contributed by atoms with van der Waals surface area (Å²) in [6.07, 6.45) is 2.90. The molecule has 0 spiro atoms. The van der Waals surface area contributed by atoms with Crippen LogP contribution in [0.4, 0.5) is 0 Å². The SMILES string of the molecule is CCCNC(CC)c1nnc(CC)o1. The smallest absolute Gasteiger partial charge is 0.233 e. The van der Waals surface area contributed by atoms with Crippen LogP contribution in [0.3, 0.4) is 0 Å². The average molecular weight is 197 g/mol. The topological polar surface area (TPSA) is 51.0 Å².